The quantitative estimate of drug-likeness (QED) is 0.652. The number of ether oxygens (including phenoxy) is 2. The number of rotatable bonds is 5. The normalized spacial score (nSPS) is 12.2. The molecule has 0 amide bonds. The maximum atomic E-state index is 5.71. The van der Waals surface area contributed by atoms with Crippen LogP contribution < -0.4 is 20.7 Å². The first-order valence-electron chi connectivity index (χ1n) is 5.94. The highest BCUT2D eigenvalue weighted by Crippen LogP contribution is 2.35. The third-order valence-corrected chi connectivity index (χ3v) is 4.03. The Morgan fingerprint density at radius 3 is 2.47 bits per heavy atom. The minimum Gasteiger partial charge on any atom is -0.497 e. The first-order chi connectivity index (χ1) is 9.19. The Hall–Kier alpha value is -1.56. The molecule has 1 aromatic carbocycles. The molecule has 102 valence electrons. The average molecular weight is 278 g/mol. The number of benzene rings is 1. The number of hydrazine groups is 1. The van der Waals surface area contributed by atoms with Crippen molar-refractivity contribution < 1.29 is 9.47 Å². The topological polar surface area (TPSA) is 56.5 Å². The van der Waals surface area contributed by atoms with Crippen molar-refractivity contribution in [3.05, 3.63) is 45.6 Å². The Morgan fingerprint density at radius 2 is 1.95 bits per heavy atom. The van der Waals surface area contributed by atoms with Gasteiger partial charge in [0, 0.05) is 21.4 Å². The fraction of sp³-hybridized carbons (Fsp3) is 0.286. The fourth-order valence-corrected chi connectivity index (χ4v) is 2.95. The van der Waals surface area contributed by atoms with E-state index in [2.05, 4.69) is 24.5 Å². The van der Waals surface area contributed by atoms with Gasteiger partial charge >= 0.3 is 0 Å². The van der Waals surface area contributed by atoms with Gasteiger partial charge in [0.25, 0.3) is 0 Å². The van der Waals surface area contributed by atoms with Gasteiger partial charge in [0.05, 0.1) is 20.3 Å². The number of nitrogens with one attached hydrogen (secondary N) is 1. The van der Waals surface area contributed by atoms with Crippen LogP contribution in [0.5, 0.6) is 11.5 Å². The van der Waals surface area contributed by atoms with Crippen molar-refractivity contribution >= 4 is 11.3 Å². The molecule has 0 saturated carbocycles. The summed E-state index contributed by atoms with van der Waals surface area (Å²) in [6, 6.07) is 9.81. The summed E-state index contributed by atoms with van der Waals surface area (Å²) >= 11 is 1.72. The molecule has 0 fully saturated rings. The van der Waals surface area contributed by atoms with Gasteiger partial charge < -0.3 is 9.47 Å². The lowest BCUT2D eigenvalue weighted by Gasteiger charge is -2.18. The highest BCUT2D eigenvalue weighted by molar-refractivity contribution is 7.12. The van der Waals surface area contributed by atoms with Crippen LogP contribution in [0.25, 0.3) is 0 Å². The molecule has 0 saturated heterocycles. The zero-order valence-electron chi connectivity index (χ0n) is 11.3. The molecule has 1 atom stereocenters. The highest BCUT2D eigenvalue weighted by atomic mass is 32.1. The van der Waals surface area contributed by atoms with Crippen LogP contribution in [0.3, 0.4) is 0 Å². The van der Waals surface area contributed by atoms with Crippen molar-refractivity contribution in [1.82, 2.24) is 5.43 Å². The summed E-state index contributed by atoms with van der Waals surface area (Å²) in [5.74, 6) is 7.23. The van der Waals surface area contributed by atoms with Gasteiger partial charge in [-0.2, -0.15) is 0 Å². The van der Waals surface area contributed by atoms with Crippen molar-refractivity contribution in [3.63, 3.8) is 0 Å². The Balaban J connectivity index is 2.43. The van der Waals surface area contributed by atoms with Crippen molar-refractivity contribution in [2.24, 2.45) is 5.84 Å². The molecular weight excluding hydrogens is 260 g/mol. The van der Waals surface area contributed by atoms with E-state index in [0.717, 1.165) is 21.9 Å². The molecule has 0 aliphatic rings. The van der Waals surface area contributed by atoms with E-state index in [1.165, 1.54) is 4.88 Å². The van der Waals surface area contributed by atoms with E-state index in [4.69, 9.17) is 15.3 Å². The SMILES string of the molecule is COc1ccc(C(NN)c2ccc(C)s2)c(OC)c1. The molecule has 1 unspecified atom stereocenters. The smallest absolute Gasteiger partial charge is 0.127 e. The summed E-state index contributed by atoms with van der Waals surface area (Å²) < 4.78 is 10.6. The third-order valence-electron chi connectivity index (χ3n) is 2.96. The van der Waals surface area contributed by atoms with Crippen LogP contribution in [-0.4, -0.2) is 14.2 Å². The first-order valence-corrected chi connectivity index (χ1v) is 6.75. The predicted octanol–water partition coefficient (Wildman–Crippen LogP) is 2.63. The summed E-state index contributed by atoms with van der Waals surface area (Å²) in [6.07, 6.45) is 0. The van der Waals surface area contributed by atoms with Crippen LogP contribution in [0.4, 0.5) is 0 Å². The molecule has 2 aromatic rings. The number of hydrogen-bond donors (Lipinski definition) is 2. The summed E-state index contributed by atoms with van der Waals surface area (Å²) in [5, 5.41) is 0. The monoisotopic (exact) mass is 278 g/mol. The maximum Gasteiger partial charge on any atom is 0.127 e. The largest absolute Gasteiger partial charge is 0.497 e. The molecular formula is C14H18N2O2S. The molecule has 0 aliphatic heterocycles. The molecule has 0 radical (unpaired) electrons. The molecule has 0 bridgehead atoms. The van der Waals surface area contributed by atoms with E-state index in [9.17, 15) is 0 Å². The fourth-order valence-electron chi connectivity index (χ4n) is 1.99. The molecule has 5 heteroatoms. The molecule has 0 spiro atoms. The first kappa shape index (κ1) is 13.9. The summed E-state index contributed by atoms with van der Waals surface area (Å²) in [5.41, 5.74) is 3.84. The van der Waals surface area contributed by atoms with Crippen LogP contribution in [0.1, 0.15) is 21.4 Å². The summed E-state index contributed by atoms with van der Waals surface area (Å²) in [7, 11) is 3.28. The van der Waals surface area contributed by atoms with Gasteiger partial charge in [0.2, 0.25) is 0 Å². The van der Waals surface area contributed by atoms with Gasteiger partial charge in [-0.3, -0.25) is 5.84 Å². The summed E-state index contributed by atoms with van der Waals surface area (Å²) in [4.78, 5) is 2.41. The molecule has 0 aliphatic carbocycles. The lowest BCUT2D eigenvalue weighted by Crippen LogP contribution is -2.28. The number of nitrogens with two attached hydrogens (primary N) is 1. The minimum atomic E-state index is -0.0837. The van der Waals surface area contributed by atoms with Gasteiger partial charge in [-0.25, -0.2) is 5.43 Å². The Morgan fingerprint density at radius 1 is 1.16 bits per heavy atom. The van der Waals surface area contributed by atoms with E-state index < -0.39 is 0 Å². The maximum absolute atomic E-state index is 5.71. The van der Waals surface area contributed by atoms with Gasteiger partial charge in [-0.1, -0.05) is 0 Å². The second-order valence-electron chi connectivity index (χ2n) is 4.16. The molecule has 1 heterocycles. The van der Waals surface area contributed by atoms with E-state index in [-0.39, 0.29) is 6.04 Å². The third kappa shape index (κ3) is 2.89. The average Bonchev–Trinajstić information content (AvgIpc) is 2.86. The van der Waals surface area contributed by atoms with Gasteiger partial charge in [0.15, 0.2) is 0 Å². The second-order valence-corrected chi connectivity index (χ2v) is 5.48. The van der Waals surface area contributed by atoms with Crippen LogP contribution in [0.15, 0.2) is 30.3 Å². The predicted molar refractivity (Wildman–Crippen MR) is 77.8 cm³/mol. The number of methoxy groups -OCH3 is 2. The van der Waals surface area contributed by atoms with Gasteiger partial charge in [-0.15, -0.1) is 11.3 Å². The number of aryl methyl sites for hydroxylation is 1. The van der Waals surface area contributed by atoms with Gasteiger partial charge in [-0.05, 0) is 31.2 Å². The van der Waals surface area contributed by atoms with Crippen molar-refractivity contribution in [3.8, 4) is 11.5 Å². The lowest BCUT2D eigenvalue weighted by molar-refractivity contribution is 0.388. The number of hydrogen-bond acceptors (Lipinski definition) is 5. The highest BCUT2D eigenvalue weighted by Gasteiger charge is 2.19. The van der Waals surface area contributed by atoms with Crippen LogP contribution in [0, 0.1) is 6.92 Å². The Kier molecular flexibility index (Phi) is 4.42. The lowest BCUT2D eigenvalue weighted by atomic mass is 10.0. The minimum absolute atomic E-state index is 0.0837. The molecule has 2 rings (SSSR count). The Bertz CT molecular complexity index is 554. The molecule has 4 nitrogen and oxygen atoms in total. The van der Waals surface area contributed by atoms with Gasteiger partial charge in [0.1, 0.15) is 11.5 Å². The van der Waals surface area contributed by atoms with Crippen molar-refractivity contribution in [2.75, 3.05) is 14.2 Å². The Labute approximate surface area is 117 Å². The zero-order valence-corrected chi connectivity index (χ0v) is 12.1. The number of thiophene rings is 1. The van der Waals surface area contributed by atoms with E-state index in [1.807, 2.05) is 18.2 Å². The zero-order chi connectivity index (χ0) is 13.8. The second kappa shape index (κ2) is 6.06. The van der Waals surface area contributed by atoms with Crippen LogP contribution in [0.2, 0.25) is 0 Å². The van der Waals surface area contributed by atoms with Crippen molar-refractivity contribution in [2.45, 2.75) is 13.0 Å². The van der Waals surface area contributed by atoms with E-state index in [1.54, 1.807) is 25.6 Å². The summed E-state index contributed by atoms with van der Waals surface area (Å²) in [6.45, 7) is 2.08. The van der Waals surface area contributed by atoms with E-state index >= 15 is 0 Å². The van der Waals surface area contributed by atoms with Crippen LogP contribution >= 0.6 is 11.3 Å². The standard InChI is InChI=1S/C14H18N2O2S/c1-9-4-7-13(19-9)14(16-15)11-6-5-10(17-2)8-12(11)18-3/h4-8,14,16H,15H2,1-3H3. The van der Waals surface area contributed by atoms with E-state index in [0.29, 0.717) is 0 Å². The van der Waals surface area contributed by atoms with Crippen molar-refractivity contribution in [1.29, 1.82) is 0 Å². The molecule has 19 heavy (non-hydrogen) atoms. The molecule has 3 N–H and O–H groups in total. The van der Waals surface area contributed by atoms with Crippen LogP contribution in [-0.2, 0) is 0 Å². The molecule has 1 aromatic heterocycles.